The third kappa shape index (κ3) is 6.52. The molecule has 134 valence electrons. The lowest BCUT2D eigenvalue weighted by atomic mass is 9.97. The van der Waals surface area contributed by atoms with Gasteiger partial charge in [-0.25, -0.2) is 4.99 Å². The molecule has 0 spiro atoms. The molecule has 1 aromatic rings. The molecule has 1 aliphatic rings. The molecule has 4 heteroatoms. The SMILES string of the molecule is CCCN1CCC(CNC(=NCc2cccc(C)c2)NCC)CC1. The summed E-state index contributed by atoms with van der Waals surface area (Å²) in [4.78, 5) is 7.33. The highest BCUT2D eigenvalue weighted by molar-refractivity contribution is 5.79. The standard InChI is InChI=1S/C20H34N4/c1-4-11-24-12-9-18(10-13-24)15-22-20(21-5-2)23-16-19-8-6-7-17(3)14-19/h6-8,14,18H,4-5,9-13,15-16H2,1-3H3,(H2,21,22,23). The lowest BCUT2D eigenvalue weighted by Crippen LogP contribution is -2.43. The molecule has 0 unspecified atom stereocenters. The van der Waals surface area contributed by atoms with Crippen LogP contribution in [0, 0.1) is 12.8 Å². The molecule has 1 aromatic carbocycles. The molecule has 1 saturated heterocycles. The largest absolute Gasteiger partial charge is 0.357 e. The fourth-order valence-electron chi connectivity index (χ4n) is 3.29. The molecule has 1 heterocycles. The molecule has 0 bridgehead atoms. The van der Waals surface area contributed by atoms with Crippen molar-refractivity contribution in [3.8, 4) is 0 Å². The Balaban J connectivity index is 1.79. The number of rotatable bonds is 7. The van der Waals surface area contributed by atoms with Crippen LogP contribution in [0.1, 0.15) is 44.2 Å². The Morgan fingerprint density at radius 1 is 1.21 bits per heavy atom. The van der Waals surface area contributed by atoms with Crippen LogP contribution in [0.15, 0.2) is 29.3 Å². The maximum absolute atomic E-state index is 4.74. The zero-order valence-electron chi connectivity index (χ0n) is 15.6. The summed E-state index contributed by atoms with van der Waals surface area (Å²) in [6.07, 6.45) is 3.85. The van der Waals surface area contributed by atoms with E-state index in [4.69, 9.17) is 4.99 Å². The number of aliphatic imine (C=N–C) groups is 1. The first kappa shape index (κ1) is 18.8. The molecule has 0 aromatic heterocycles. The zero-order valence-corrected chi connectivity index (χ0v) is 15.6. The second-order valence-corrected chi connectivity index (χ2v) is 6.85. The molecule has 0 radical (unpaired) electrons. The topological polar surface area (TPSA) is 39.7 Å². The Labute approximate surface area is 147 Å². The van der Waals surface area contributed by atoms with Crippen molar-refractivity contribution in [1.82, 2.24) is 15.5 Å². The molecular weight excluding hydrogens is 296 g/mol. The van der Waals surface area contributed by atoms with Gasteiger partial charge >= 0.3 is 0 Å². The average Bonchev–Trinajstić information content (AvgIpc) is 2.59. The molecule has 0 saturated carbocycles. The number of benzene rings is 1. The van der Waals surface area contributed by atoms with Gasteiger partial charge in [-0.1, -0.05) is 36.8 Å². The molecule has 1 aliphatic heterocycles. The van der Waals surface area contributed by atoms with Gasteiger partial charge in [0.25, 0.3) is 0 Å². The molecule has 0 atom stereocenters. The van der Waals surface area contributed by atoms with E-state index in [0.29, 0.717) is 0 Å². The van der Waals surface area contributed by atoms with E-state index < -0.39 is 0 Å². The molecular formula is C20H34N4. The Morgan fingerprint density at radius 2 is 2.00 bits per heavy atom. The van der Waals surface area contributed by atoms with Crippen LogP contribution >= 0.6 is 0 Å². The van der Waals surface area contributed by atoms with Crippen LogP contribution in [-0.4, -0.2) is 43.6 Å². The Hall–Kier alpha value is -1.55. The molecule has 2 N–H and O–H groups in total. The highest BCUT2D eigenvalue weighted by atomic mass is 15.2. The lowest BCUT2D eigenvalue weighted by molar-refractivity contribution is 0.185. The van der Waals surface area contributed by atoms with Crippen LogP contribution in [0.2, 0.25) is 0 Å². The second-order valence-electron chi connectivity index (χ2n) is 6.85. The summed E-state index contributed by atoms with van der Waals surface area (Å²) >= 11 is 0. The average molecular weight is 331 g/mol. The van der Waals surface area contributed by atoms with Crippen molar-refractivity contribution in [1.29, 1.82) is 0 Å². The number of likely N-dealkylation sites (tertiary alicyclic amines) is 1. The maximum atomic E-state index is 4.74. The Morgan fingerprint density at radius 3 is 2.67 bits per heavy atom. The zero-order chi connectivity index (χ0) is 17.2. The van der Waals surface area contributed by atoms with E-state index in [0.717, 1.165) is 31.5 Å². The van der Waals surface area contributed by atoms with Crippen molar-refractivity contribution in [2.45, 2.75) is 46.6 Å². The van der Waals surface area contributed by atoms with Crippen LogP contribution in [-0.2, 0) is 6.54 Å². The fraction of sp³-hybridized carbons (Fsp3) is 0.650. The van der Waals surface area contributed by atoms with Gasteiger partial charge in [0.1, 0.15) is 0 Å². The van der Waals surface area contributed by atoms with Crippen molar-refractivity contribution in [3.63, 3.8) is 0 Å². The van der Waals surface area contributed by atoms with Gasteiger partial charge in [-0.2, -0.15) is 0 Å². The predicted octanol–water partition coefficient (Wildman–Crippen LogP) is 3.17. The van der Waals surface area contributed by atoms with E-state index in [1.807, 2.05) is 0 Å². The van der Waals surface area contributed by atoms with Gasteiger partial charge in [-0.15, -0.1) is 0 Å². The van der Waals surface area contributed by atoms with Gasteiger partial charge in [-0.3, -0.25) is 0 Å². The quantitative estimate of drug-likeness (QED) is 0.596. The van der Waals surface area contributed by atoms with Gasteiger partial charge in [0.15, 0.2) is 5.96 Å². The summed E-state index contributed by atoms with van der Waals surface area (Å²) in [5, 5.41) is 6.91. The van der Waals surface area contributed by atoms with E-state index in [1.165, 1.54) is 50.0 Å². The summed E-state index contributed by atoms with van der Waals surface area (Å²) in [6, 6.07) is 8.58. The molecule has 0 aliphatic carbocycles. The van der Waals surface area contributed by atoms with Crippen LogP contribution in [0.25, 0.3) is 0 Å². The Kier molecular flexibility index (Phi) is 8.10. The fourth-order valence-corrected chi connectivity index (χ4v) is 3.29. The summed E-state index contributed by atoms with van der Waals surface area (Å²) in [6.45, 7) is 12.9. The Bertz CT molecular complexity index is 504. The third-order valence-corrected chi connectivity index (χ3v) is 4.65. The highest BCUT2D eigenvalue weighted by Gasteiger charge is 2.18. The molecule has 0 amide bonds. The van der Waals surface area contributed by atoms with Crippen LogP contribution in [0.5, 0.6) is 0 Å². The van der Waals surface area contributed by atoms with Crippen LogP contribution in [0.3, 0.4) is 0 Å². The van der Waals surface area contributed by atoms with E-state index in [-0.39, 0.29) is 0 Å². The van der Waals surface area contributed by atoms with Crippen molar-refractivity contribution in [2.75, 3.05) is 32.7 Å². The molecule has 4 nitrogen and oxygen atoms in total. The first-order valence-electron chi connectivity index (χ1n) is 9.51. The number of aryl methyl sites for hydroxylation is 1. The number of piperidine rings is 1. The number of nitrogens with zero attached hydrogens (tertiary/aromatic N) is 2. The number of nitrogens with one attached hydrogen (secondary N) is 2. The third-order valence-electron chi connectivity index (χ3n) is 4.65. The van der Waals surface area contributed by atoms with Gasteiger partial charge in [0.05, 0.1) is 6.54 Å². The van der Waals surface area contributed by atoms with E-state index >= 15 is 0 Å². The molecule has 24 heavy (non-hydrogen) atoms. The van der Waals surface area contributed by atoms with E-state index in [2.05, 4.69) is 60.6 Å². The van der Waals surface area contributed by atoms with Crippen molar-refractivity contribution >= 4 is 5.96 Å². The number of hydrogen-bond acceptors (Lipinski definition) is 2. The van der Waals surface area contributed by atoms with E-state index in [9.17, 15) is 0 Å². The molecule has 2 rings (SSSR count). The summed E-state index contributed by atoms with van der Waals surface area (Å²) < 4.78 is 0. The van der Waals surface area contributed by atoms with Crippen LogP contribution < -0.4 is 10.6 Å². The predicted molar refractivity (Wildman–Crippen MR) is 103 cm³/mol. The van der Waals surface area contributed by atoms with Crippen molar-refractivity contribution < 1.29 is 0 Å². The minimum absolute atomic E-state index is 0.728. The number of guanidine groups is 1. The highest BCUT2D eigenvalue weighted by Crippen LogP contribution is 2.16. The van der Waals surface area contributed by atoms with Gasteiger partial charge in [0.2, 0.25) is 0 Å². The summed E-state index contributed by atoms with van der Waals surface area (Å²) in [5.74, 6) is 1.70. The first-order valence-corrected chi connectivity index (χ1v) is 9.51. The second kappa shape index (κ2) is 10.3. The minimum Gasteiger partial charge on any atom is -0.357 e. The normalized spacial score (nSPS) is 17.0. The lowest BCUT2D eigenvalue weighted by Gasteiger charge is -2.32. The minimum atomic E-state index is 0.728. The van der Waals surface area contributed by atoms with Gasteiger partial charge < -0.3 is 15.5 Å². The first-order chi connectivity index (χ1) is 11.7. The van der Waals surface area contributed by atoms with Crippen molar-refractivity contribution in [2.24, 2.45) is 10.9 Å². The van der Waals surface area contributed by atoms with Gasteiger partial charge in [0, 0.05) is 13.1 Å². The smallest absolute Gasteiger partial charge is 0.191 e. The van der Waals surface area contributed by atoms with E-state index in [1.54, 1.807) is 0 Å². The molecule has 1 fully saturated rings. The summed E-state index contributed by atoms with van der Waals surface area (Å²) in [7, 11) is 0. The monoisotopic (exact) mass is 330 g/mol. The summed E-state index contributed by atoms with van der Waals surface area (Å²) in [5.41, 5.74) is 2.56. The maximum Gasteiger partial charge on any atom is 0.191 e. The number of hydrogen-bond donors (Lipinski definition) is 2. The van der Waals surface area contributed by atoms with Crippen LogP contribution in [0.4, 0.5) is 0 Å². The van der Waals surface area contributed by atoms with Gasteiger partial charge in [-0.05, 0) is 64.2 Å². The van der Waals surface area contributed by atoms with Crippen molar-refractivity contribution in [3.05, 3.63) is 35.4 Å².